The second-order valence-electron chi connectivity index (χ2n) is 9.44. The van der Waals surface area contributed by atoms with E-state index in [1.54, 1.807) is 42.2 Å². The van der Waals surface area contributed by atoms with Gasteiger partial charge >= 0.3 is 5.97 Å². The number of rotatable bonds is 9. The van der Waals surface area contributed by atoms with Crippen molar-refractivity contribution in [1.82, 2.24) is 5.32 Å². The van der Waals surface area contributed by atoms with Gasteiger partial charge in [0, 0.05) is 17.9 Å². The SMILES string of the molecule is COC(=O)C1=C(C)N(c2cc(C)cc(C)c2)/C(=C\c2ccc(OCC(=O)NCCc3ccccc3)cc2)C1=O. The van der Waals surface area contributed by atoms with E-state index in [2.05, 4.69) is 5.32 Å². The highest BCUT2D eigenvalue weighted by molar-refractivity contribution is 6.30. The minimum absolute atomic E-state index is 0.0149. The molecule has 1 heterocycles. The van der Waals surface area contributed by atoms with Crippen LogP contribution in [0.15, 0.2) is 89.8 Å². The van der Waals surface area contributed by atoms with Gasteiger partial charge < -0.3 is 19.7 Å². The Balaban J connectivity index is 1.46. The zero-order chi connectivity index (χ0) is 27.9. The van der Waals surface area contributed by atoms with E-state index in [4.69, 9.17) is 9.47 Å². The normalized spacial score (nSPS) is 14.1. The Hall–Kier alpha value is -4.65. The molecule has 1 amide bonds. The number of methoxy groups -OCH3 is 1. The number of amides is 1. The summed E-state index contributed by atoms with van der Waals surface area (Å²) in [7, 11) is 1.26. The van der Waals surface area contributed by atoms with E-state index in [9.17, 15) is 14.4 Å². The number of nitrogens with one attached hydrogen (secondary N) is 1. The number of ether oxygens (including phenoxy) is 2. The number of benzene rings is 3. The van der Waals surface area contributed by atoms with Gasteiger partial charge in [-0.1, -0.05) is 48.5 Å². The van der Waals surface area contributed by atoms with E-state index >= 15 is 0 Å². The highest BCUT2D eigenvalue weighted by Gasteiger charge is 2.38. The number of anilines is 1. The minimum atomic E-state index is -0.666. The van der Waals surface area contributed by atoms with Crippen molar-refractivity contribution >= 4 is 29.4 Å². The van der Waals surface area contributed by atoms with Crippen molar-refractivity contribution < 1.29 is 23.9 Å². The van der Waals surface area contributed by atoms with Gasteiger partial charge in [0.15, 0.2) is 6.61 Å². The van der Waals surface area contributed by atoms with Crippen molar-refractivity contribution in [1.29, 1.82) is 0 Å². The van der Waals surface area contributed by atoms with Gasteiger partial charge in [-0.15, -0.1) is 0 Å². The monoisotopic (exact) mass is 524 g/mol. The third-order valence-corrected chi connectivity index (χ3v) is 6.38. The molecule has 0 unspecified atom stereocenters. The summed E-state index contributed by atoms with van der Waals surface area (Å²) in [5.41, 5.74) is 5.66. The maximum atomic E-state index is 13.4. The summed E-state index contributed by atoms with van der Waals surface area (Å²) in [4.78, 5) is 39.8. The lowest BCUT2D eigenvalue weighted by Gasteiger charge is -2.22. The molecule has 0 radical (unpaired) electrons. The predicted octanol–water partition coefficient (Wildman–Crippen LogP) is 4.92. The third kappa shape index (κ3) is 6.62. The zero-order valence-electron chi connectivity index (χ0n) is 22.6. The van der Waals surface area contributed by atoms with Gasteiger partial charge in [0.25, 0.3) is 5.91 Å². The molecule has 0 saturated carbocycles. The number of carbonyl (C=O) groups excluding carboxylic acids is 3. The van der Waals surface area contributed by atoms with Gasteiger partial charge in [-0.05, 0) is 79.8 Å². The number of aryl methyl sites for hydroxylation is 2. The van der Waals surface area contributed by atoms with E-state index in [-0.39, 0.29) is 18.1 Å². The topological polar surface area (TPSA) is 84.9 Å². The fraction of sp³-hybridized carbons (Fsp3) is 0.219. The second kappa shape index (κ2) is 12.3. The molecule has 4 rings (SSSR count). The summed E-state index contributed by atoms with van der Waals surface area (Å²) in [5.74, 6) is -0.731. The first kappa shape index (κ1) is 27.4. The molecule has 0 fully saturated rings. The molecule has 0 spiro atoms. The molecule has 3 aromatic carbocycles. The number of ketones is 1. The van der Waals surface area contributed by atoms with Crippen LogP contribution >= 0.6 is 0 Å². The molecule has 0 bridgehead atoms. The number of hydrogen-bond acceptors (Lipinski definition) is 6. The number of Topliss-reactive ketones (excluding diaryl/α,β-unsaturated/α-hetero) is 1. The van der Waals surface area contributed by atoms with Gasteiger partial charge in [-0.2, -0.15) is 0 Å². The Morgan fingerprint density at radius 2 is 1.59 bits per heavy atom. The molecule has 7 heteroatoms. The summed E-state index contributed by atoms with van der Waals surface area (Å²) in [6.45, 7) is 6.15. The molecular weight excluding hydrogens is 492 g/mol. The van der Waals surface area contributed by atoms with Crippen LogP contribution < -0.4 is 15.0 Å². The van der Waals surface area contributed by atoms with Gasteiger partial charge in [0.05, 0.1) is 12.8 Å². The Labute approximate surface area is 228 Å². The largest absolute Gasteiger partial charge is 0.484 e. The second-order valence-corrected chi connectivity index (χ2v) is 9.44. The number of esters is 1. The molecule has 0 saturated heterocycles. The first-order valence-electron chi connectivity index (χ1n) is 12.7. The summed E-state index contributed by atoms with van der Waals surface area (Å²) in [6.07, 6.45) is 2.49. The van der Waals surface area contributed by atoms with Crippen molar-refractivity contribution in [3.05, 3.63) is 112 Å². The Morgan fingerprint density at radius 3 is 2.23 bits per heavy atom. The molecule has 3 aromatic rings. The van der Waals surface area contributed by atoms with Crippen LogP contribution in [0.3, 0.4) is 0 Å². The van der Waals surface area contributed by atoms with E-state index in [0.717, 1.165) is 34.4 Å². The van der Waals surface area contributed by atoms with Crippen molar-refractivity contribution in [2.75, 3.05) is 25.2 Å². The molecule has 1 aliphatic heterocycles. The summed E-state index contributed by atoms with van der Waals surface area (Å²) in [6, 6.07) is 23.0. The molecule has 39 heavy (non-hydrogen) atoms. The van der Waals surface area contributed by atoms with Crippen LogP contribution in [0.2, 0.25) is 0 Å². The summed E-state index contributed by atoms with van der Waals surface area (Å²) in [5, 5.41) is 2.86. The van der Waals surface area contributed by atoms with Crippen LogP contribution in [0, 0.1) is 13.8 Å². The van der Waals surface area contributed by atoms with Crippen LogP contribution in [0.1, 0.15) is 29.2 Å². The first-order valence-corrected chi connectivity index (χ1v) is 12.7. The zero-order valence-corrected chi connectivity index (χ0v) is 22.6. The smallest absolute Gasteiger partial charge is 0.343 e. The maximum Gasteiger partial charge on any atom is 0.343 e. The molecule has 200 valence electrons. The van der Waals surface area contributed by atoms with Gasteiger partial charge in [0.2, 0.25) is 5.78 Å². The first-order chi connectivity index (χ1) is 18.8. The number of allylic oxidation sites excluding steroid dienone is 2. The molecule has 0 aromatic heterocycles. The maximum absolute atomic E-state index is 13.4. The lowest BCUT2D eigenvalue weighted by atomic mass is 10.1. The van der Waals surface area contributed by atoms with Crippen LogP contribution in [0.25, 0.3) is 6.08 Å². The van der Waals surface area contributed by atoms with Crippen molar-refractivity contribution in [3.63, 3.8) is 0 Å². The fourth-order valence-corrected chi connectivity index (χ4v) is 4.58. The van der Waals surface area contributed by atoms with Crippen molar-refractivity contribution in [2.45, 2.75) is 27.2 Å². The number of carbonyl (C=O) groups is 3. The molecular formula is C32H32N2O5. The van der Waals surface area contributed by atoms with E-state index in [1.807, 2.05) is 62.4 Å². The van der Waals surface area contributed by atoms with Crippen LogP contribution in [-0.4, -0.2) is 37.9 Å². The minimum Gasteiger partial charge on any atom is -0.484 e. The quantitative estimate of drug-likeness (QED) is 0.243. The Kier molecular flexibility index (Phi) is 8.61. The summed E-state index contributed by atoms with van der Waals surface area (Å²) >= 11 is 0. The number of nitrogens with zero attached hydrogens (tertiary/aromatic N) is 1. The van der Waals surface area contributed by atoms with Gasteiger partial charge in [-0.25, -0.2) is 4.79 Å². The average molecular weight is 525 g/mol. The van der Waals surface area contributed by atoms with Gasteiger partial charge in [0.1, 0.15) is 11.3 Å². The molecule has 0 atom stereocenters. The summed E-state index contributed by atoms with van der Waals surface area (Å²) < 4.78 is 10.5. The fourth-order valence-electron chi connectivity index (χ4n) is 4.58. The lowest BCUT2D eigenvalue weighted by molar-refractivity contribution is -0.137. The molecule has 7 nitrogen and oxygen atoms in total. The van der Waals surface area contributed by atoms with Crippen molar-refractivity contribution in [3.8, 4) is 5.75 Å². The van der Waals surface area contributed by atoms with Crippen LogP contribution in [0.5, 0.6) is 5.75 Å². The van der Waals surface area contributed by atoms with E-state index in [1.165, 1.54) is 7.11 Å². The number of hydrogen-bond donors (Lipinski definition) is 1. The lowest BCUT2D eigenvalue weighted by Crippen LogP contribution is -2.30. The van der Waals surface area contributed by atoms with E-state index < -0.39 is 11.8 Å². The Morgan fingerprint density at radius 1 is 0.923 bits per heavy atom. The molecule has 0 aliphatic carbocycles. The van der Waals surface area contributed by atoms with Crippen molar-refractivity contribution in [2.24, 2.45) is 0 Å². The molecule has 1 N–H and O–H groups in total. The van der Waals surface area contributed by atoms with E-state index in [0.29, 0.717) is 23.7 Å². The standard InChI is InChI=1S/C32H32N2O5/c1-21-16-22(2)18-26(17-21)34-23(3)30(32(37)38-4)31(36)28(34)19-25-10-12-27(13-11-25)39-20-29(35)33-15-14-24-8-6-5-7-9-24/h5-13,16-19H,14-15,20H2,1-4H3,(H,33,35)/b28-19-. The van der Waals surface area contributed by atoms with Crippen LogP contribution in [-0.2, 0) is 25.5 Å². The Bertz CT molecular complexity index is 1420. The molecule has 1 aliphatic rings. The highest BCUT2D eigenvalue weighted by atomic mass is 16.5. The average Bonchev–Trinajstić information content (AvgIpc) is 3.16. The third-order valence-electron chi connectivity index (χ3n) is 6.38. The highest BCUT2D eigenvalue weighted by Crippen LogP contribution is 2.36. The predicted molar refractivity (Wildman–Crippen MR) is 151 cm³/mol. The van der Waals surface area contributed by atoms with Gasteiger partial charge in [-0.3, -0.25) is 9.59 Å². The van der Waals surface area contributed by atoms with Crippen LogP contribution in [0.4, 0.5) is 5.69 Å².